The minimum atomic E-state index is -0.471. The van der Waals surface area contributed by atoms with Crippen LogP contribution in [0, 0.1) is 12.7 Å². The normalized spacial score (nSPS) is 13.8. The van der Waals surface area contributed by atoms with E-state index >= 15 is 0 Å². The van der Waals surface area contributed by atoms with Gasteiger partial charge in [0.05, 0.1) is 23.8 Å². The molecule has 2 aromatic rings. The molecule has 1 saturated heterocycles. The van der Waals surface area contributed by atoms with E-state index in [0.717, 1.165) is 49.7 Å². The standard InChI is InChI=1S/C22H25ClFN3O2/c1-16-5-8-18(9-6-16)27(15-22(29)26-11-3-2-4-12-26)14-21(28)25-20-10-7-17(24)13-19(20)23/h5-10,13H,2-4,11-12,14-15H2,1H3,(H,25,28). The molecule has 0 unspecified atom stereocenters. The number of hydrogen-bond donors (Lipinski definition) is 1. The molecule has 3 rings (SSSR count). The summed E-state index contributed by atoms with van der Waals surface area (Å²) >= 11 is 6.00. The van der Waals surface area contributed by atoms with Gasteiger partial charge in [0.15, 0.2) is 0 Å². The Labute approximate surface area is 175 Å². The third-order valence-electron chi connectivity index (χ3n) is 4.97. The fourth-order valence-electron chi connectivity index (χ4n) is 3.35. The molecule has 1 aliphatic heterocycles. The third kappa shape index (κ3) is 5.94. The molecule has 2 amide bonds. The summed E-state index contributed by atoms with van der Waals surface area (Å²) in [5, 5.41) is 2.83. The van der Waals surface area contributed by atoms with Crippen LogP contribution in [-0.4, -0.2) is 42.9 Å². The zero-order chi connectivity index (χ0) is 20.8. The molecule has 154 valence electrons. The number of carbonyl (C=O) groups excluding carboxylic acids is 2. The summed E-state index contributed by atoms with van der Waals surface area (Å²) in [5.41, 5.74) is 2.23. The average Bonchev–Trinajstić information content (AvgIpc) is 2.71. The molecule has 0 saturated carbocycles. The summed E-state index contributed by atoms with van der Waals surface area (Å²) < 4.78 is 13.2. The van der Waals surface area contributed by atoms with E-state index in [2.05, 4.69) is 5.32 Å². The first-order valence-corrected chi connectivity index (χ1v) is 10.1. The van der Waals surface area contributed by atoms with Crippen LogP contribution in [0.4, 0.5) is 15.8 Å². The number of carbonyl (C=O) groups is 2. The van der Waals surface area contributed by atoms with Crippen molar-refractivity contribution in [3.8, 4) is 0 Å². The lowest BCUT2D eigenvalue weighted by molar-refractivity contribution is -0.130. The summed E-state index contributed by atoms with van der Waals surface area (Å²) in [6.45, 7) is 3.61. The van der Waals surface area contributed by atoms with Crippen LogP contribution in [0.5, 0.6) is 0 Å². The van der Waals surface area contributed by atoms with Crippen molar-refractivity contribution in [1.82, 2.24) is 4.90 Å². The maximum Gasteiger partial charge on any atom is 0.243 e. The smallest absolute Gasteiger partial charge is 0.243 e. The molecular weight excluding hydrogens is 393 g/mol. The van der Waals surface area contributed by atoms with Crippen LogP contribution in [0.2, 0.25) is 5.02 Å². The van der Waals surface area contributed by atoms with Crippen LogP contribution >= 0.6 is 11.6 Å². The van der Waals surface area contributed by atoms with Gasteiger partial charge in [-0.1, -0.05) is 29.3 Å². The Balaban J connectivity index is 1.72. The van der Waals surface area contributed by atoms with E-state index in [9.17, 15) is 14.0 Å². The topological polar surface area (TPSA) is 52.7 Å². The zero-order valence-corrected chi connectivity index (χ0v) is 17.2. The largest absolute Gasteiger partial charge is 0.353 e. The Morgan fingerprint density at radius 1 is 1.07 bits per heavy atom. The van der Waals surface area contributed by atoms with E-state index in [0.29, 0.717) is 5.69 Å². The lowest BCUT2D eigenvalue weighted by atomic mass is 10.1. The molecule has 0 spiro atoms. The molecule has 1 heterocycles. The Kier molecular flexibility index (Phi) is 7.09. The zero-order valence-electron chi connectivity index (χ0n) is 16.5. The quantitative estimate of drug-likeness (QED) is 0.764. The Morgan fingerprint density at radius 3 is 2.41 bits per heavy atom. The van der Waals surface area contributed by atoms with Gasteiger partial charge >= 0.3 is 0 Å². The first-order valence-electron chi connectivity index (χ1n) is 9.76. The lowest BCUT2D eigenvalue weighted by Crippen LogP contribution is -2.45. The van der Waals surface area contributed by atoms with Crippen molar-refractivity contribution in [3.63, 3.8) is 0 Å². The number of aryl methyl sites for hydroxylation is 1. The van der Waals surface area contributed by atoms with Crippen LogP contribution in [0.15, 0.2) is 42.5 Å². The predicted molar refractivity (Wildman–Crippen MR) is 114 cm³/mol. The van der Waals surface area contributed by atoms with Crippen molar-refractivity contribution in [2.24, 2.45) is 0 Å². The second-order valence-corrected chi connectivity index (χ2v) is 7.71. The van der Waals surface area contributed by atoms with Gasteiger partial charge in [-0.05, 0) is 56.5 Å². The first-order chi connectivity index (χ1) is 13.9. The fraction of sp³-hybridized carbons (Fsp3) is 0.364. The number of amides is 2. The molecule has 5 nitrogen and oxygen atoms in total. The highest BCUT2D eigenvalue weighted by molar-refractivity contribution is 6.33. The van der Waals surface area contributed by atoms with Gasteiger partial charge in [-0.25, -0.2) is 4.39 Å². The molecule has 0 aromatic heterocycles. The van der Waals surface area contributed by atoms with Crippen molar-refractivity contribution < 1.29 is 14.0 Å². The van der Waals surface area contributed by atoms with Gasteiger partial charge in [-0.3, -0.25) is 9.59 Å². The predicted octanol–water partition coefficient (Wildman–Crippen LogP) is 4.25. The number of piperidine rings is 1. The number of likely N-dealkylation sites (tertiary alicyclic amines) is 1. The second-order valence-electron chi connectivity index (χ2n) is 7.31. The van der Waals surface area contributed by atoms with Gasteiger partial charge in [-0.15, -0.1) is 0 Å². The van der Waals surface area contributed by atoms with E-state index in [4.69, 9.17) is 11.6 Å². The number of halogens is 2. The molecule has 2 aromatic carbocycles. The highest BCUT2D eigenvalue weighted by Gasteiger charge is 2.21. The van der Waals surface area contributed by atoms with Crippen LogP contribution in [0.25, 0.3) is 0 Å². The molecule has 1 aliphatic rings. The number of hydrogen-bond acceptors (Lipinski definition) is 3. The molecule has 0 radical (unpaired) electrons. The van der Waals surface area contributed by atoms with E-state index < -0.39 is 5.82 Å². The molecule has 29 heavy (non-hydrogen) atoms. The highest BCUT2D eigenvalue weighted by Crippen LogP contribution is 2.23. The Morgan fingerprint density at radius 2 is 1.76 bits per heavy atom. The maximum absolute atomic E-state index is 13.2. The molecule has 1 N–H and O–H groups in total. The molecular formula is C22H25ClFN3O2. The fourth-order valence-corrected chi connectivity index (χ4v) is 3.57. The summed E-state index contributed by atoms with van der Waals surface area (Å²) in [6, 6.07) is 11.5. The van der Waals surface area contributed by atoms with Gasteiger partial charge in [0.1, 0.15) is 5.82 Å². The molecule has 0 bridgehead atoms. The Bertz CT molecular complexity index is 867. The van der Waals surface area contributed by atoms with E-state index in [1.807, 2.05) is 36.1 Å². The third-order valence-corrected chi connectivity index (χ3v) is 5.29. The van der Waals surface area contributed by atoms with E-state index in [1.165, 1.54) is 12.1 Å². The number of benzene rings is 2. The van der Waals surface area contributed by atoms with Crippen molar-refractivity contribution in [2.45, 2.75) is 26.2 Å². The van der Waals surface area contributed by atoms with E-state index in [-0.39, 0.29) is 29.9 Å². The SMILES string of the molecule is Cc1ccc(N(CC(=O)Nc2ccc(F)cc2Cl)CC(=O)N2CCCCC2)cc1. The van der Waals surface area contributed by atoms with Crippen molar-refractivity contribution in [3.05, 3.63) is 58.9 Å². The summed E-state index contributed by atoms with van der Waals surface area (Å²) in [6.07, 6.45) is 3.17. The van der Waals surface area contributed by atoms with Crippen molar-refractivity contribution in [1.29, 1.82) is 0 Å². The molecule has 0 aliphatic carbocycles. The summed E-state index contributed by atoms with van der Waals surface area (Å²) in [7, 11) is 0. The second kappa shape index (κ2) is 9.74. The Hall–Kier alpha value is -2.60. The van der Waals surface area contributed by atoms with Gasteiger partial charge in [0, 0.05) is 18.8 Å². The molecule has 0 atom stereocenters. The van der Waals surface area contributed by atoms with Gasteiger partial charge < -0.3 is 15.1 Å². The van der Waals surface area contributed by atoms with Gasteiger partial charge in [-0.2, -0.15) is 0 Å². The van der Waals surface area contributed by atoms with Crippen LogP contribution in [-0.2, 0) is 9.59 Å². The number of nitrogens with one attached hydrogen (secondary N) is 1. The minimum Gasteiger partial charge on any atom is -0.353 e. The molecule has 1 fully saturated rings. The summed E-state index contributed by atoms with van der Waals surface area (Å²) in [5.74, 6) is -0.787. The van der Waals surface area contributed by atoms with Gasteiger partial charge in [0.25, 0.3) is 0 Å². The minimum absolute atomic E-state index is 0.0119. The average molecular weight is 418 g/mol. The van der Waals surface area contributed by atoms with Crippen LogP contribution < -0.4 is 10.2 Å². The van der Waals surface area contributed by atoms with Crippen LogP contribution in [0.1, 0.15) is 24.8 Å². The number of rotatable bonds is 6. The monoisotopic (exact) mass is 417 g/mol. The van der Waals surface area contributed by atoms with Crippen molar-refractivity contribution in [2.75, 3.05) is 36.4 Å². The van der Waals surface area contributed by atoms with Gasteiger partial charge in [0.2, 0.25) is 11.8 Å². The van der Waals surface area contributed by atoms with Crippen LogP contribution in [0.3, 0.4) is 0 Å². The van der Waals surface area contributed by atoms with Crippen molar-refractivity contribution >= 4 is 34.8 Å². The highest BCUT2D eigenvalue weighted by atomic mass is 35.5. The lowest BCUT2D eigenvalue weighted by Gasteiger charge is -2.30. The van der Waals surface area contributed by atoms with E-state index in [1.54, 1.807) is 4.90 Å². The number of nitrogens with zero attached hydrogens (tertiary/aromatic N) is 2. The number of anilines is 2. The molecule has 7 heteroatoms. The maximum atomic E-state index is 13.2. The summed E-state index contributed by atoms with van der Waals surface area (Å²) in [4.78, 5) is 29.0. The first kappa shape index (κ1) is 21.1.